The molecule has 6 rings (SSSR count). The summed E-state index contributed by atoms with van der Waals surface area (Å²) in [6.45, 7) is 7.13. The number of hydrogen-bond acceptors (Lipinski definition) is 14. The van der Waals surface area contributed by atoms with Gasteiger partial charge in [0.05, 0.1) is 30.6 Å². The second-order valence-corrected chi connectivity index (χ2v) is 23.6. The Hall–Kier alpha value is -9.03. The molecule has 0 aliphatic carbocycles. The normalized spacial score (nSPS) is 24.2. The van der Waals surface area contributed by atoms with Crippen LogP contribution in [0.15, 0.2) is 115 Å². The highest BCUT2D eigenvalue weighted by atomic mass is 16.4. The molecule has 10 atom stereocenters. The molecule has 2 fully saturated rings. The zero-order valence-corrected chi connectivity index (χ0v) is 50.8. The Kier molecular flexibility index (Phi) is 26.3. The molecule has 2 saturated heterocycles. The number of carbonyl (C=O) groups is 11. The van der Waals surface area contributed by atoms with E-state index < -0.39 is 151 Å². The number of phenolic OH excluding ortho intramolecular Hbond substituents is 1. The standard InChI is InChI=1S/C65H85N11O13/c1-38(2)32-49-60(84)74-52(36-42-20-12-7-13-21-42)65(89)76-31-15-23-53(76)63(87)73-51(34-41-18-10-6-11-19-41)61(85)70-47(33-40-16-8-5-9-17-40)57(81)48(37-54(67)78)71-59(83)46(28-29-55(79)80)68-50(35-43-24-26-44(77)27-25-43)62(86)75-56(39(3)4)64(88)69-45(22-14-30-66)58(82)72-49/h5-13,16-21,24-27,38-39,45-53,56,68,77H,14-15,22-23,28-37,66H2,1-4H3,(H2,67,78)(H,69,88)(H,70,85)(H,71,83)(H,72,82)(H,73,87)(H,74,84)(H,75,86)(H,79,80)/t45-,46-,47+,48-,49-,50-,51-,52+,53?,56?/m0/s1. The number of carboxylic acid groups (broad SMARTS) is 1. The highest BCUT2D eigenvalue weighted by molar-refractivity contribution is 6.01. The number of nitrogens with zero attached hydrogens (tertiary/aromatic N) is 1. The van der Waals surface area contributed by atoms with Crippen molar-refractivity contribution in [1.82, 2.24) is 47.4 Å². The van der Waals surface area contributed by atoms with Crippen molar-refractivity contribution in [2.24, 2.45) is 23.3 Å². The van der Waals surface area contributed by atoms with E-state index in [0.717, 1.165) is 0 Å². The van der Waals surface area contributed by atoms with Gasteiger partial charge in [-0.2, -0.15) is 0 Å². The van der Waals surface area contributed by atoms with E-state index in [9.17, 15) is 48.6 Å². The molecule has 14 N–H and O–H groups in total. The molecule has 24 heteroatoms. The van der Waals surface area contributed by atoms with Crippen LogP contribution >= 0.6 is 0 Å². The Morgan fingerprint density at radius 1 is 0.528 bits per heavy atom. The van der Waals surface area contributed by atoms with Crippen molar-refractivity contribution in [2.75, 3.05) is 13.1 Å². The summed E-state index contributed by atoms with van der Waals surface area (Å²) in [6, 6.07) is 17.5. The maximum absolute atomic E-state index is 15.2. The number of phenols is 1. The first-order valence-corrected chi connectivity index (χ1v) is 30.3. The molecule has 0 saturated carbocycles. The Morgan fingerprint density at radius 2 is 0.989 bits per heavy atom. The number of fused-ring (bicyclic) bond motifs is 1. The van der Waals surface area contributed by atoms with Crippen LogP contribution in [0.1, 0.15) is 101 Å². The van der Waals surface area contributed by atoms with E-state index in [0.29, 0.717) is 28.7 Å². The number of carbonyl (C=O) groups excluding carboxylic acids is 10. The second kappa shape index (κ2) is 33.9. The number of aromatic hydroxyl groups is 1. The van der Waals surface area contributed by atoms with Gasteiger partial charge in [-0.05, 0) is 104 Å². The molecule has 2 aliphatic rings. The van der Waals surface area contributed by atoms with Crippen LogP contribution in [-0.4, -0.2) is 154 Å². The minimum Gasteiger partial charge on any atom is -0.508 e. The van der Waals surface area contributed by atoms with Gasteiger partial charge in [0.2, 0.25) is 53.2 Å². The lowest BCUT2D eigenvalue weighted by Crippen LogP contribution is -2.62. The molecule has 24 nitrogen and oxygen atoms in total. The number of aliphatic carboxylic acids is 1. The van der Waals surface area contributed by atoms with Gasteiger partial charge >= 0.3 is 5.97 Å². The van der Waals surface area contributed by atoms with Crippen LogP contribution in [0, 0.1) is 11.8 Å². The zero-order valence-electron chi connectivity index (χ0n) is 50.8. The average Bonchev–Trinajstić information content (AvgIpc) is 3.53. The highest BCUT2D eigenvalue weighted by Gasteiger charge is 2.42. The molecule has 0 radical (unpaired) electrons. The van der Waals surface area contributed by atoms with Crippen LogP contribution < -0.4 is 54.0 Å². The quantitative estimate of drug-likeness (QED) is 0.0626. The first kappa shape index (κ1) is 69.1. The SMILES string of the molecule is CC(C)C[C@@H]1NC(=O)[C@H](CCCN)NC(=O)C(C(C)C)NC(=O)[C@H](Cc2ccc(O)cc2)N[C@@H](CCC(=O)O)C(=O)N[C@@H](CC(N)=O)C(=O)[C@@H](Cc2ccccc2)NC(=O)[C@H](Cc2ccccc2)NC(=O)C2CCCN2C(=O)[C@@H](Cc2ccccc2)NC1=O. The van der Waals surface area contributed by atoms with E-state index >= 15 is 14.4 Å². The molecular weight excluding hydrogens is 1140 g/mol. The molecular formula is C65H85N11O13. The van der Waals surface area contributed by atoms with Crippen molar-refractivity contribution in [2.45, 2.75) is 165 Å². The van der Waals surface area contributed by atoms with Gasteiger partial charge in [-0.25, -0.2) is 0 Å². The molecule has 4 aromatic carbocycles. The van der Waals surface area contributed by atoms with Crippen LogP contribution in [0.25, 0.3) is 0 Å². The Morgan fingerprint density at radius 3 is 1.54 bits per heavy atom. The summed E-state index contributed by atoms with van der Waals surface area (Å²) in [6.07, 6.45) is -1.74. The van der Waals surface area contributed by atoms with Crippen LogP contribution in [0.4, 0.5) is 0 Å². The third kappa shape index (κ3) is 21.4. The molecule has 0 spiro atoms. The van der Waals surface area contributed by atoms with Gasteiger partial charge in [-0.15, -0.1) is 0 Å². The van der Waals surface area contributed by atoms with Gasteiger partial charge < -0.3 is 63.8 Å². The van der Waals surface area contributed by atoms with Gasteiger partial charge in [-0.1, -0.05) is 131 Å². The summed E-state index contributed by atoms with van der Waals surface area (Å²) < 4.78 is 0. The highest BCUT2D eigenvalue weighted by Crippen LogP contribution is 2.22. The van der Waals surface area contributed by atoms with E-state index in [1.165, 1.54) is 29.2 Å². The lowest BCUT2D eigenvalue weighted by atomic mass is 9.94. The number of Topliss-reactive ketones (excluding diaryl/α,β-unsaturated/α-hetero) is 1. The van der Waals surface area contributed by atoms with Crippen molar-refractivity contribution in [3.05, 3.63) is 138 Å². The van der Waals surface area contributed by atoms with Crippen LogP contribution in [-0.2, 0) is 78.4 Å². The monoisotopic (exact) mass is 1230 g/mol. The number of ketones is 1. The lowest BCUT2D eigenvalue weighted by molar-refractivity contribution is -0.142. The number of nitrogens with two attached hydrogens (primary N) is 2. The summed E-state index contributed by atoms with van der Waals surface area (Å²) in [7, 11) is 0. The third-order valence-electron chi connectivity index (χ3n) is 15.6. The molecule has 478 valence electrons. The van der Waals surface area contributed by atoms with Gasteiger partial charge in [0.15, 0.2) is 5.78 Å². The Bertz CT molecular complexity index is 3080. The third-order valence-corrected chi connectivity index (χ3v) is 15.6. The van der Waals surface area contributed by atoms with E-state index in [1.807, 2.05) is 13.8 Å². The fraction of sp³-hybridized carbons (Fsp3) is 0.462. The van der Waals surface area contributed by atoms with Gasteiger partial charge in [0.1, 0.15) is 42.0 Å². The van der Waals surface area contributed by atoms with Crippen LogP contribution in [0.5, 0.6) is 5.75 Å². The van der Waals surface area contributed by atoms with Crippen molar-refractivity contribution in [3.63, 3.8) is 0 Å². The molecule has 2 aliphatic heterocycles. The molecule has 2 heterocycles. The fourth-order valence-electron chi connectivity index (χ4n) is 10.9. The summed E-state index contributed by atoms with van der Waals surface area (Å²) in [5.74, 6) is -10.7. The van der Waals surface area contributed by atoms with Crippen molar-refractivity contribution in [1.29, 1.82) is 0 Å². The van der Waals surface area contributed by atoms with E-state index in [1.54, 1.807) is 105 Å². The van der Waals surface area contributed by atoms with Crippen molar-refractivity contribution >= 4 is 64.9 Å². The zero-order chi connectivity index (χ0) is 64.7. The largest absolute Gasteiger partial charge is 0.508 e. The number of carboxylic acids is 1. The van der Waals surface area contributed by atoms with Crippen LogP contribution in [0.2, 0.25) is 0 Å². The number of amides is 9. The number of nitrogens with one attached hydrogen (secondary N) is 8. The van der Waals surface area contributed by atoms with Gasteiger partial charge in [-0.3, -0.25) is 58.1 Å². The van der Waals surface area contributed by atoms with Crippen LogP contribution in [0.3, 0.4) is 0 Å². The van der Waals surface area contributed by atoms with E-state index in [2.05, 4.69) is 42.5 Å². The lowest BCUT2D eigenvalue weighted by Gasteiger charge is -2.32. The molecule has 4 aromatic rings. The average molecular weight is 1230 g/mol. The fourth-order valence-corrected chi connectivity index (χ4v) is 10.9. The van der Waals surface area contributed by atoms with E-state index in [-0.39, 0.29) is 76.1 Å². The van der Waals surface area contributed by atoms with Crippen molar-refractivity contribution < 1.29 is 63.0 Å². The summed E-state index contributed by atoms with van der Waals surface area (Å²) in [5.41, 5.74) is 13.9. The smallest absolute Gasteiger partial charge is 0.303 e. The molecule has 89 heavy (non-hydrogen) atoms. The minimum atomic E-state index is -1.79. The molecule has 0 bridgehead atoms. The maximum atomic E-state index is 15.2. The van der Waals surface area contributed by atoms with Gasteiger partial charge in [0, 0.05) is 25.8 Å². The topological polar surface area (TPSA) is 380 Å². The number of hydrogen-bond donors (Lipinski definition) is 12. The number of benzene rings is 4. The number of primary amides is 1. The summed E-state index contributed by atoms with van der Waals surface area (Å²) in [5, 5.41) is 42.4. The molecule has 9 amide bonds. The predicted molar refractivity (Wildman–Crippen MR) is 329 cm³/mol. The summed E-state index contributed by atoms with van der Waals surface area (Å²) >= 11 is 0. The van der Waals surface area contributed by atoms with Crippen molar-refractivity contribution in [3.8, 4) is 5.75 Å². The minimum absolute atomic E-state index is 0.0120. The first-order valence-electron chi connectivity index (χ1n) is 30.3. The predicted octanol–water partition coefficient (Wildman–Crippen LogP) is 1.14. The van der Waals surface area contributed by atoms with Gasteiger partial charge in [0.25, 0.3) is 0 Å². The first-order chi connectivity index (χ1) is 42.5. The second-order valence-electron chi connectivity index (χ2n) is 23.6. The Labute approximate surface area is 518 Å². The summed E-state index contributed by atoms with van der Waals surface area (Å²) in [4.78, 5) is 160. The Balaban J connectivity index is 1.49. The van der Waals surface area contributed by atoms with E-state index in [4.69, 9.17) is 11.5 Å². The molecule has 0 aromatic heterocycles. The number of rotatable bonds is 19. The maximum Gasteiger partial charge on any atom is 0.303 e. The molecule has 2 unspecified atom stereocenters.